The van der Waals surface area contributed by atoms with Crippen molar-refractivity contribution in [1.29, 1.82) is 0 Å². The van der Waals surface area contributed by atoms with Crippen LogP contribution < -0.4 is 10.1 Å². The maximum atomic E-state index is 12.3. The Kier molecular flexibility index (Phi) is 6.03. The third kappa shape index (κ3) is 5.05. The fourth-order valence-corrected chi connectivity index (χ4v) is 2.75. The molecule has 0 unspecified atom stereocenters. The Hall–Kier alpha value is -3.53. The fourth-order valence-electron chi connectivity index (χ4n) is 2.55. The first-order valence-corrected chi connectivity index (χ1v) is 9.04. The number of non-ortho nitro benzene ring substituents is 1. The van der Waals surface area contributed by atoms with Gasteiger partial charge in [0.25, 0.3) is 16.4 Å². The minimum Gasteiger partial charge on any atom is -0.484 e. The van der Waals surface area contributed by atoms with Crippen molar-refractivity contribution in [3.8, 4) is 5.75 Å². The number of nitrogens with one attached hydrogen (secondary N) is 1. The largest absolute Gasteiger partial charge is 0.484 e. The van der Waals surface area contributed by atoms with E-state index in [1.807, 2.05) is 31.2 Å². The van der Waals surface area contributed by atoms with Crippen molar-refractivity contribution in [3.05, 3.63) is 74.4 Å². The zero-order valence-corrected chi connectivity index (χ0v) is 16.6. The monoisotopic (exact) mass is 414 g/mol. The number of benzene rings is 2. The maximum Gasteiger partial charge on any atom is 0.287 e. The van der Waals surface area contributed by atoms with Gasteiger partial charge < -0.3 is 14.5 Å². The van der Waals surface area contributed by atoms with Gasteiger partial charge in [-0.25, -0.2) is 4.68 Å². The van der Waals surface area contributed by atoms with E-state index in [1.54, 1.807) is 13.0 Å². The van der Waals surface area contributed by atoms with Crippen LogP contribution in [0.2, 0.25) is 0 Å². The molecule has 0 radical (unpaired) electrons. The summed E-state index contributed by atoms with van der Waals surface area (Å²) in [6.45, 7) is 3.52. The van der Waals surface area contributed by atoms with Gasteiger partial charge in [-0.05, 0) is 43.3 Å². The number of para-hydroxylation sites is 1. The predicted molar refractivity (Wildman–Crippen MR) is 107 cm³/mol. The molecule has 3 rings (SSSR count). The summed E-state index contributed by atoms with van der Waals surface area (Å²) in [7, 11) is 0. The number of nitro groups is 1. The highest BCUT2D eigenvalue weighted by atomic mass is 32.1. The van der Waals surface area contributed by atoms with Crippen LogP contribution in [0, 0.1) is 28.8 Å². The minimum absolute atomic E-state index is 0.0271. The number of rotatable bonds is 7. The van der Waals surface area contributed by atoms with Crippen LogP contribution in [0.15, 0.2) is 46.9 Å². The standard InChI is InChI=1S/C19H18N4O5S/c1-12-7-8-14(23(25)26)9-15(12)20-17(24)10-22-19(29)28-18(21-22)11-27-16-6-4-3-5-13(16)2/h3-9H,10-11H2,1-2H3,(H,20,24). The number of carbonyl (C=O) groups excluding carboxylic acids is 1. The summed E-state index contributed by atoms with van der Waals surface area (Å²) in [6, 6.07) is 11.8. The van der Waals surface area contributed by atoms with Gasteiger partial charge in [0.05, 0.1) is 10.6 Å². The quantitative estimate of drug-likeness (QED) is 0.354. The van der Waals surface area contributed by atoms with Crippen molar-refractivity contribution < 1.29 is 18.9 Å². The molecule has 0 fully saturated rings. The molecule has 0 aliphatic heterocycles. The lowest BCUT2D eigenvalue weighted by Gasteiger charge is -2.08. The Morgan fingerprint density at radius 1 is 1.28 bits per heavy atom. The van der Waals surface area contributed by atoms with E-state index in [4.69, 9.17) is 21.4 Å². The smallest absolute Gasteiger partial charge is 0.287 e. The second-order valence-corrected chi connectivity index (χ2v) is 6.63. The number of anilines is 1. The van der Waals surface area contributed by atoms with Gasteiger partial charge >= 0.3 is 0 Å². The van der Waals surface area contributed by atoms with E-state index in [-0.39, 0.29) is 29.6 Å². The molecule has 0 atom stereocenters. The molecule has 9 nitrogen and oxygen atoms in total. The Morgan fingerprint density at radius 2 is 2.03 bits per heavy atom. The van der Waals surface area contributed by atoms with Gasteiger partial charge in [-0.1, -0.05) is 24.3 Å². The minimum atomic E-state index is -0.524. The van der Waals surface area contributed by atoms with E-state index in [2.05, 4.69) is 10.4 Å². The summed E-state index contributed by atoms with van der Waals surface area (Å²) in [4.78, 5) is 22.8. The predicted octanol–water partition coefficient (Wildman–Crippen LogP) is 3.95. The molecule has 0 aliphatic rings. The highest BCUT2D eigenvalue weighted by Gasteiger charge is 2.14. The van der Waals surface area contributed by atoms with Crippen LogP contribution in [0.25, 0.3) is 0 Å². The third-order valence-electron chi connectivity index (χ3n) is 4.09. The van der Waals surface area contributed by atoms with Crippen molar-refractivity contribution in [2.45, 2.75) is 27.0 Å². The molecule has 0 aliphatic carbocycles. The van der Waals surface area contributed by atoms with E-state index < -0.39 is 10.8 Å². The number of hydrogen-bond acceptors (Lipinski definition) is 7. The molecule has 0 saturated carbocycles. The third-order valence-corrected chi connectivity index (χ3v) is 4.39. The highest BCUT2D eigenvalue weighted by Crippen LogP contribution is 2.22. The Morgan fingerprint density at radius 3 is 2.76 bits per heavy atom. The molecule has 1 N–H and O–H groups in total. The summed E-state index contributed by atoms with van der Waals surface area (Å²) >= 11 is 5.10. The number of amides is 1. The number of aryl methyl sites for hydroxylation is 2. The molecule has 0 spiro atoms. The van der Waals surface area contributed by atoms with E-state index in [9.17, 15) is 14.9 Å². The van der Waals surface area contributed by atoms with Gasteiger partial charge in [-0.2, -0.15) is 0 Å². The highest BCUT2D eigenvalue weighted by molar-refractivity contribution is 7.71. The first-order chi connectivity index (χ1) is 13.8. The topological polar surface area (TPSA) is 112 Å². The number of nitrogens with zero attached hydrogens (tertiary/aromatic N) is 3. The molecule has 2 aromatic carbocycles. The summed E-state index contributed by atoms with van der Waals surface area (Å²) in [6.07, 6.45) is 0. The summed E-state index contributed by atoms with van der Waals surface area (Å²) in [5, 5.41) is 17.7. The lowest BCUT2D eigenvalue weighted by Crippen LogP contribution is -2.20. The Labute approximate surface area is 171 Å². The van der Waals surface area contributed by atoms with E-state index in [1.165, 1.54) is 16.8 Å². The molecular weight excluding hydrogens is 396 g/mol. The number of aromatic nitrogens is 2. The van der Waals surface area contributed by atoms with Crippen molar-refractivity contribution >= 4 is 29.5 Å². The number of nitro benzene ring substituents is 1. The van der Waals surface area contributed by atoms with Crippen LogP contribution in [0.3, 0.4) is 0 Å². The molecule has 1 heterocycles. The van der Waals surface area contributed by atoms with Crippen LogP contribution in [0.1, 0.15) is 17.0 Å². The maximum absolute atomic E-state index is 12.3. The van der Waals surface area contributed by atoms with Gasteiger partial charge in [0.15, 0.2) is 6.61 Å². The summed E-state index contributed by atoms with van der Waals surface area (Å²) in [5.74, 6) is 0.490. The van der Waals surface area contributed by atoms with Crippen molar-refractivity contribution in [2.24, 2.45) is 0 Å². The molecule has 29 heavy (non-hydrogen) atoms. The number of ether oxygens (including phenoxy) is 1. The second kappa shape index (κ2) is 8.65. The molecule has 0 bridgehead atoms. The number of carbonyl (C=O) groups is 1. The van der Waals surface area contributed by atoms with E-state index in [0.717, 1.165) is 5.56 Å². The van der Waals surface area contributed by atoms with E-state index >= 15 is 0 Å². The first-order valence-electron chi connectivity index (χ1n) is 8.63. The normalized spacial score (nSPS) is 10.6. The second-order valence-electron chi connectivity index (χ2n) is 6.28. The van der Waals surface area contributed by atoms with Gasteiger partial charge in [-0.15, -0.1) is 5.10 Å². The van der Waals surface area contributed by atoms with Gasteiger partial charge in [0, 0.05) is 12.1 Å². The van der Waals surface area contributed by atoms with Crippen molar-refractivity contribution in [1.82, 2.24) is 9.78 Å². The van der Waals surface area contributed by atoms with Crippen LogP contribution in [-0.2, 0) is 17.9 Å². The number of hydrogen-bond donors (Lipinski definition) is 1. The molecule has 1 amide bonds. The van der Waals surface area contributed by atoms with Crippen molar-refractivity contribution in [2.75, 3.05) is 5.32 Å². The van der Waals surface area contributed by atoms with E-state index in [0.29, 0.717) is 17.0 Å². The van der Waals surface area contributed by atoms with Crippen LogP contribution in [0.4, 0.5) is 11.4 Å². The average molecular weight is 414 g/mol. The van der Waals surface area contributed by atoms with Crippen molar-refractivity contribution in [3.63, 3.8) is 0 Å². The summed E-state index contributed by atoms with van der Waals surface area (Å²) in [5.41, 5.74) is 1.90. The molecular formula is C19H18N4O5S. The van der Waals surface area contributed by atoms with Crippen LogP contribution in [-0.4, -0.2) is 20.6 Å². The average Bonchev–Trinajstić information content (AvgIpc) is 3.02. The Balaban J connectivity index is 1.66. The van der Waals surface area contributed by atoms with Gasteiger partial charge in [-0.3, -0.25) is 14.9 Å². The lowest BCUT2D eigenvalue weighted by atomic mass is 10.2. The molecule has 0 saturated heterocycles. The molecule has 3 aromatic rings. The molecule has 150 valence electrons. The zero-order valence-electron chi connectivity index (χ0n) is 15.7. The first kappa shape index (κ1) is 20.2. The van der Waals surface area contributed by atoms with Crippen LogP contribution in [0.5, 0.6) is 5.75 Å². The zero-order chi connectivity index (χ0) is 21.0. The van der Waals surface area contributed by atoms with Gasteiger partial charge in [0.1, 0.15) is 12.3 Å². The fraction of sp³-hybridized carbons (Fsp3) is 0.211. The molecule has 10 heteroatoms. The van der Waals surface area contributed by atoms with Gasteiger partial charge in [0.2, 0.25) is 5.91 Å². The SMILES string of the molecule is Cc1ccc([N+](=O)[O-])cc1NC(=O)Cn1nc(COc2ccccc2C)oc1=S. The lowest BCUT2D eigenvalue weighted by molar-refractivity contribution is -0.384. The Bertz CT molecular complexity index is 1120. The molecule has 1 aromatic heterocycles. The summed E-state index contributed by atoms with van der Waals surface area (Å²) < 4.78 is 12.3. The van der Waals surface area contributed by atoms with Crippen LogP contribution >= 0.6 is 12.2 Å².